The molecular formula is C32H52O3. The van der Waals surface area contributed by atoms with Crippen LogP contribution < -0.4 is 0 Å². The highest BCUT2D eigenvalue weighted by atomic mass is 16.5. The summed E-state index contributed by atoms with van der Waals surface area (Å²) in [7, 11) is 0. The molecule has 0 bridgehead atoms. The fourth-order valence-corrected chi connectivity index (χ4v) is 11.0. The first kappa shape index (κ1) is 25.8. The molecule has 3 heteroatoms. The first-order chi connectivity index (χ1) is 16.0. The van der Waals surface area contributed by atoms with Gasteiger partial charge in [-0.05, 0) is 103 Å². The Balaban J connectivity index is 1.57. The van der Waals surface area contributed by atoms with Crippen LogP contribution in [0.5, 0.6) is 0 Å². The number of esters is 1. The molecule has 0 aromatic heterocycles. The molecule has 9 unspecified atom stereocenters. The third-order valence-electron chi connectivity index (χ3n) is 13.4. The summed E-state index contributed by atoms with van der Waals surface area (Å²) in [5, 5.41) is 10.9. The van der Waals surface area contributed by atoms with Crippen molar-refractivity contribution in [1.29, 1.82) is 0 Å². The number of aliphatic hydroxyl groups excluding tert-OH is 1. The first-order valence-electron chi connectivity index (χ1n) is 14.6. The Labute approximate surface area is 214 Å². The highest BCUT2D eigenvalue weighted by molar-refractivity contribution is 5.66. The van der Waals surface area contributed by atoms with Crippen molar-refractivity contribution in [3.8, 4) is 0 Å². The second-order valence-electron chi connectivity index (χ2n) is 15.9. The summed E-state index contributed by atoms with van der Waals surface area (Å²) in [4.78, 5) is 12.1. The van der Waals surface area contributed by atoms with Gasteiger partial charge in [-0.1, -0.05) is 67.0 Å². The number of rotatable bonds is 1. The van der Waals surface area contributed by atoms with Crippen molar-refractivity contribution >= 4 is 5.97 Å². The minimum Gasteiger partial charge on any atom is -0.462 e. The Bertz CT molecular complexity index is 931. The molecule has 0 amide bonds. The summed E-state index contributed by atoms with van der Waals surface area (Å²) in [5.41, 5.74) is 2.67. The molecule has 0 spiro atoms. The zero-order valence-corrected chi connectivity index (χ0v) is 24.1. The summed E-state index contributed by atoms with van der Waals surface area (Å²) in [6.07, 6.45) is 12.8. The number of carbonyl (C=O) groups excluding carboxylic acids is 1. The van der Waals surface area contributed by atoms with Gasteiger partial charge >= 0.3 is 5.97 Å². The van der Waals surface area contributed by atoms with Gasteiger partial charge in [-0.25, -0.2) is 0 Å². The molecule has 0 radical (unpaired) electrons. The molecule has 0 aromatic carbocycles. The molecule has 3 nitrogen and oxygen atoms in total. The van der Waals surface area contributed by atoms with Gasteiger partial charge < -0.3 is 9.84 Å². The second-order valence-corrected chi connectivity index (χ2v) is 15.9. The van der Waals surface area contributed by atoms with Crippen LogP contribution in [0.4, 0.5) is 0 Å². The number of ether oxygens (including phenoxy) is 1. The standard InChI is InChI=1S/C32H52O3/c1-20(33)35-26-19-27(2,3)18-22-21-10-11-24-30(7)14-13-25(34)28(4,5)23(30)12-15-32(24,9)31(21,8)17-16-29(22,26)6/h10,22-26,34H,11-19H2,1-9H3. The Morgan fingerprint density at radius 1 is 0.886 bits per heavy atom. The van der Waals surface area contributed by atoms with Gasteiger partial charge in [-0.2, -0.15) is 0 Å². The van der Waals surface area contributed by atoms with Gasteiger partial charge in [0.25, 0.3) is 0 Å². The van der Waals surface area contributed by atoms with E-state index in [2.05, 4.69) is 61.5 Å². The average molecular weight is 485 g/mol. The maximum absolute atomic E-state index is 12.1. The van der Waals surface area contributed by atoms with E-state index in [-0.39, 0.29) is 50.7 Å². The lowest BCUT2D eigenvalue weighted by Gasteiger charge is -2.71. The van der Waals surface area contributed by atoms with Gasteiger partial charge in [0.15, 0.2) is 0 Å². The van der Waals surface area contributed by atoms with Crippen LogP contribution in [0.25, 0.3) is 0 Å². The fourth-order valence-electron chi connectivity index (χ4n) is 11.0. The van der Waals surface area contributed by atoms with Crippen LogP contribution in [-0.4, -0.2) is 23.3 Å². The summed E-state index contributed by atoms with van der Waals surface area (Å²) < 4.78 is 6.07. The predicted molar refractivity (Wildman–Crippen MR) is 142 cm³/mol. The van der Waals surface area contributed by atoms with E-state index in [4.69, 9.17) is 4.74 Å². The SMILES string of the molecule is CC(=O)OC1CC(C)(C)CC2C3=CCC4C5(C)CCC(O)C(C)(C)C5CCC4(C)C3(C)CCC12C. The van der Waals surface area contributed by atoms with E-state index in [1.54, 1.807) is 12.5 Å². The predicted octanol–water partition coefficient (Wildman–Crippen LogP) is 7.71. The highest BCUT2D eigenvalue weighted by Crippen LogP contribution is 2.75. The van der Waals surface area contributed by atoms with E-state index >= 15 is 0 Å². The number of allylic oxidation sites excluding steroid dienone is 2. The maximum Gasteiger partial charge on any atom is 0.302 e. The molecule has 198 valence electrons. The Hall–Kier alpha value is -0.830. The topological polar surface area (TPSA) is 46.5 Å². The van der Waals surface area contributed by atoms with Gasteiger partial charge in [-0.3, -0.25) is 4.79 Å². The Morgan fingerprint density at radius 3 is 2.23 bits per heavy atom. The van der Waals surface area contributed by atoms with Crippen LogP contribution >= 0.6 is 0 Å². The third-order valence-corrected chi connectivity index (χ3v) is 13.4. The molecule has 4 saturated carbocycles. The van der Waals surface area contributed by atoms with Crippen LogP contribution in [0.3, 0.4) is 0 Å². The lowest BCUT2D eigenvalue weighted by molar-refractivity contribution is -0.210. The smallest absolute Gasteiger partial charge is 0.302 e. The van der Waals surface area contributed by atoms with Crippen molar-refractivity contribution < 1.29 is 14.6 Å². The normalized spacial score (nSPS) is 52.2. The molecular weight excluding hydrogens is 432 g/mol. The number of carbonyl (C=O) groups is 1. The monoisotopic (exact) mass is 484 g/mol. The van der Waals surface area contributed by atoms with Crippen molar-refractivity contribution in [2.45, 2.75) is 132 Å². The summed E-state index contributed by atoms with van der Waals surface area (Å²) >= 11 is 0. The van der Waals surface area contributed by atoms with Crippen molar-refractivity contribution in [2.75, 3.05) is 0 Å². The average Bonchev–Trinajstić information content (AvgIpc) is 2.73. The Kier molecular flexibility index (Phi) is 5.61. The van der Waals surface area contributed by atoms with Gasteiger partial charge in [0.2, 0.25) is 0 Å². The van der Waals surface area contributed by atoms with Crippen LogP contribution in [0, 0.1) is 50.2 Å². The maximum atomic E-state index is 12.1. The van der Waals surface area contributed by atoms with Crippen LogP contribution in [0.2, 0.25) is 0 Å². The summed E-state index contributed by atoms with van der Waals surface area (Å²) in [5.74, 6) is 1.62. The molecule has 0 heterocycles. The van der Waals surface area contributed by atoms with Crippen LogP contribution in [0.15, 0.2) is 11.6 Å². The molecule has 5 rings (SSSR count). The van der Waals surface area contributed by atoms with Gasteiger partial charge in [-0.15, -0.1) is 0 Å². The minimum atomic E-state index is -0.173. The number of fused-ring (bicyclic) bond motifs is 7. The highest BCUT2D eigenvalue weighted by Gasteiger charge is 2.68. The lowest BCUT2D eigenvalue weighted by Crippen LogP contribution is -2.65. The minimum absolute atomic E-state index is 0.00495. The van der Waals surface area contributed by atoms with Gasteiger partial charge in [0.05, 0.1) is 6.10 Å². The molecule has 1 N–H and O–H groups in total. The van der Waals surface area contributed by atoms with Gasteiger partial charge in [0, 0.05) is 12.3 Å². The quantitative estimate of drug-likeness (QED) is 0.306. The number of hydrogen-bond donors (Lipinski definition) is 1. The molecule has 9 atom stereocenters. The van der Waals surface area contributed by atoms with Crippen molar-refractivity contribution in [3.63, 3.8) is 0 Å². The molecule has 5 aliphatic rings. The lowest BCUT2D eigenvalue weighted by atomic mass is 9.33. The fraction of sp³-hybridized carbons (Fsp3) is 0.906. The summed E-state index contributed by atoms with van der Waals surface area (Å²) in [6, 6.07) is 0. The van der Waals surface area contributed by atoms with E-state index in [1.165, 1.54) is 32.1 Å². The zero-order chi connectivity index (χ0) is 25.8. The van der Waals surface area contributed by atoms with E-state index in [0.717, 1.165) is 25.7 Å². The molecule has 0 aliphatic heterocycles. The van der Waals surface area contributed by atoms with E-state index in [9.17, 15) is 9.90 Å². The molecule has 35 heavy (non-hydrogen) atoms. The van der Waals surface area contributed by atoms with E-state index in [0.29, 0.717) is 17.8 Å². The van der Waals surface area contributed by atoms with Gasteiger partial charge in [0.1, 0.15) is 6.10 Å². The first-order valence-corrected chi connectivity index (χ1v) is 14.6. The largest absolute Gasteiger partial charge is 0.462 e. The second kappa shape index (κ2) is 7.61. The zero-order valence-electron chi connectivity index (χ0n) is 24.1. The van der Waals surface area contributed by atoms with Crippen molar-refractivity contribution in [2.24, 2.45) is 50.2 Å². The Morgan fingerprint density at radius 2 is 1.57 bits per heavy atom. The number of aliphatic hydroxyl groups is 1. The van der Waals surface area contributed by atoms with E-state index < -0.39 is 0 Å². The molecule has 5 aliphatic carbocycles. The molecule has 4 fully saturated rings. The van der Waals surface area contributed by atoms with Crippen LogP contribution in [0.1, 0.15) is 120 Å². The van der Waals surface area contributed by atoms with Crippen LogP contribution in [-0.2, 0) is 9.53 Å². The summed E-state index contributed by atoms with van der Waals surface area (Å²) in [6.45, 7) is 21.3. The van der Waals surface area contributed by atoms with Crippen molar-refractivity contribution in [3.05, 3.63) is 11.6 Å². The molecule has 0 saturated heterocycles. The third kappa shape index (κ3) is 3.34. The molecule has 0 aromatic rings. The number of hydrogen-bond acceptors (Lipinski definition) is 3. The van der Waals surface area contributed by atoms with E-state index in [1.807, 2.05) is 0 Å². The van der Waals surface area contributed by atoms with Crippen molar-refractivity contribution in [1.82, 2.24) is 0 Å².